The van der Waals surface area contributed by atoms with Crippen molar-refractivity contribution in [2.24, 2.45) is 11.7 Å². The van der Waals surface area contributed by atoms with Crippen LogP contribution in [0.3, 0.4) is 0 Å². The summed E-state index contributed by atoms with van der Waals surface area (Å²) in [5.74, 6) is 0.133. The van der Waals surface area contributed by atoms with Crippen molar-refractivity contribution in [2.75, 3.05) is 44.6 Å². The summed E-state index contributed by atoms with van der Waals surface area (Å²) in [6.07, 6.45) is 4.08. The number of fused-ring (bicyclic) bond motifs is 1. The molecule has 26 heavy (non-hydrogen) atoms. The van der Waals surface area contributed by atoms with Gasteiger partial charge in [0.1, 0.15) is 5.00 Å². The van der Waals surface area contributed by atoms with Crippen LogP contribution in [0.25, 0.3) is 0 Å². The fourth-order valence-electron chi connectivity index (χ4n) is 3.96. The Morgan fingerprint density at radius 1 is 1.23 bits per heavy atom. The van der Waals surface area contributed by atoms with Crippen LogP contribution >= 0.6 is 11.3 Å². The molecule has 7 heteroatoms. The smallest absolute Gasteiger partial charge is 0.251 e. The van der Waals surface area contributed by atoms with Crippen LogP contribution in [0.15, 0.2) is 0 Å². The maximum Gasteiger partial charge on any atom is 0.251 e. The van der Waals surface area contributed by atoms with Crippen LogP contribution in [-0.2, 0) is 17.6 Å². The van der Waals surface area contributed by atoms with E-state index in [0.717, 1.165) is 64.0 Å². The Labute approximate surface area is 159 Å². The van der Waals surface area contributed by atoms with Crippen molar-refractivity contribution < 1.29 is 9.59 Å². The molecule has 2 heterocycles. The number of hydrogen-bond acceptors (Lipinski definition) is 5. The minimum atomic E-state index is -0.430. The van der Waals surface area contributed by atoms with Gasteiger partial charge in [0.25, 0.3) is 5.91 Å². The van der Waals surface area contributed by atoms with Crippen molar-refractivity contribution in [3.05, 3.63) is 16.0 Å². The van der Waals surface area contributed by atoms with Crippen molar-refractivity contribution in [3.63, 3.8) is 0 Å². The number of primary amides is 1. The molecule has 2 aliphatic rings. The molecule has 1 aliphatic heterocycles. The van der Waals surface area contributed by atoms with Gasteiger partial charge in [-0.25, -0.2) is 0 Å². The highest BCUT2D eigenvalue weighted by atomic mass is 32.1. The molecule has 0 saturated carbocycles. The van der Waals surface area contributed by atoms with E-state index in [9.17, 15) is 9.59 Å². The van der Waals surface area contributed by atoms with E-state index >= 15 is 0 Å². The third-order valence-corrected chi connectivity index (χ3v) is 6.55. The second kappa shape index (κ2) is 8.50. The van der Waals surface area contributed by atoms with Gasteiger partial charge in [-0.3, -0.25) is 14.5 Å². The molecule has 1 unspecified atom stereocenters. The third kappa shape index (κ3) is 4.45. The molecule has 1 aromatic rings. The summed E-state index contributed by atoms with van der Waals surface area (Å²) in [5.41, 5.74) is 7.22. The van der Waals surface area contributed by atoms with E-state index in [0.29, 0.717) is 23.0 Å². The molecule has 1 saturated heterocycles. The standard InChI is InChI=1S/C19H30N4O2S/c1-3-6-22-7-9-23(10-8-22)12-16(24)21-19-17(18(20)25)14-5-4-13(2)11-15(14)26-19/h13H,3-12H2,1-2H3,(H2,20,25)(H,21,24). The summed E-state index contributed by atoms with van der Waals surface area (Å²) in [4.78, 5) is 30.3. The van der Waals surface area contributed by atoms with Crippen LogP contribution in [-0.4, -0.2) is 60.9 Å². The van der Waals surface area contributed by atoms with Crippen LogP contribution in [0.5, 0.6) is 0 Å². The predicted octanol–water partition coefficient (Wildman–Crippen LogP) is 1.94. The maximum atomic E-state index is 12.5. The van der Waals surface area contributed by atoms with Gasteiger partial charge in [0, 0.05) is 31.1 Å². The Balaban J connectivity index is 1.62. The van der Waals surface area contributed by atoms with E-state index < -0.39 is 5.91 Å². The topological polar surface area (TPSA) is 78.7 Å². The van der Waals surface area contributed by atoms with Crippen LogP contribution in [0.2, 0.25) is 0 Å². The predicted molar refractivity (Wildman–Crippen MR) is 106 cm³/mol. The normalized spacial score (nSPS) is 21.4. The van der Waals surface area contributed by atoms with Crippen LogP contribution in [0.4, 0.5) is 5.00 Å². The lowest BCUT2D eigenvalue weighted by Crippen LogP contribution is -2.48. The molecule has 2 amide bonds. The first-order valence-corrected chi connectivity index (χ1v) is 10.5. The van der Waals surface area contributed by atoms with Gasteiger partial charge in [-0.1, -0.05) is 13.8 Å². The molecule has 3 N–H and O–H groups in total. The average Bonchev–Trinajstić information content (AvgIpc) is 2.93. The summed E-state index contributed by atoms with van der Waals surface area (Å²) < 4.78 is 0. The van der Waals surface area contributed by atoms with Crippen LogP contribution < -0.4 is 11.1 Å². The Bertz CT molecular complexity index is 665. The van der Waals surface area contributed by atoms with Crippen molar-refractivity contribution in [3.8, 4) is 0 Å². The molecule has 1 aliphatic carbocycles. The summed E-state index contributed by atoms with van der Waals surface area (Å²) >= 11 is 1.53. The van der Waals surface area contributed by atoms with Crippen molar-refractivity contribution >= 4 is 28.2 Å². The maximum absolute atomic E-state index is 12.5. The fraction of sp³-hybridized carbons (Fsp3) is 0.684. The first kappa shape index (κ1) is 19.3. The van der Waals surface area contributed by atoms with Gasteiger partial charge < -0.3 is 16.0 Å². The highest BCUT2D eigenvalue weighted by molar-refractivity contribution is 7.17. The lowest BCUT2D eigenvalue weighted by molar-refractivity contribution is -0.117. The molecule has 0 spiro atoms. The summed E-state index contributed by atoms with van der Waals surface area (Å²) in [5, 5.41) is 3.62. The minimum absolute atomic E-state index is 0.0527. The molecular formula is C19H30N4O2S. The highest BCUT2D eigenvalue weighted by Gasteiger charge is 2.27. The molecule has 6 nitrogen and oxygen atoms in total. The minimum Gasteiger partial charge on any atom is -0.365 e. The van der Waals surface area contributed by atoms with Gasteiger partial charge in [0.05, 0.1) is 12.1 Å². The summed E-state index contributed by atoms with van der Waals surface area (Å²) in [7, 11) is 0. The lowest BCUT2D eigenvalue weighted by Gasteiger charge is -2.34. The van der Waals surface area contributed by atoms with Crippen LogP contribution in [0.1, 0.15) is 47.5 Å². The number of hydrogen-bond donors (Lipinski definition) is 2. The van der Waals surface area contributed by atoms with E-state index in [-0.39, 0.29) is 5.91 Å². The first-order chi connectivity index (χ1) is 12.5. The number of nitrogens with zero attached hydrogens (tertiary/aromatic N) is 2. The number of nitrogens with one attached hydrogen (secondary N) is 1. The van der Waals surface area contributed by atoms with E-state index in [2.05, 4.69) is 29.0 Å². The molecular weight excluding hydrogens is 348 g/mol. The number of carbonyl (C=O) groups excluding carboxylic acids is 2. The largest absolute Gasteiger partial charge is 0.365 e. The Morgan fingerprint density at radius 2 is 1.92 bits per heavy atom. The number of nitrogens with two attached hydrogens (primary N) is 1. The molecule has 0 radical (unpaired) electrons. The zero-order valence-electron chi connectivity index (χ0n) is 15.8. The van der Waals surface area contributed by atoms with E-state index in [1.807, 2.05) is 0 Å². The van der Waals surface area contributed by atoms with E-state index in [1.54, 1.807) is 0 Å². The van der Waals surface area contributed by atoms with Gasteiger partial charge in [-0.2, -0.15) is 0 Å². The summed E-state index contributed by atoms with van der Waals surface area (Å²) in [6, 6.07) is 0. The molecule has 1 aromatic heterocycles. The quantitative estimate of drug-likeness (QED) is 0.793. The number of piperazine rings is 1. The summed E-state index contributed by atoms with van der Waals surface area (Å²) in [6.45, 7) is 9.76. The number of carbonyl (C=O) groups is 2. The highest BCUT2D eigenvalue weighted by Crippen LogP contribution is 2.39. The molecule has 0 bridgehead atoms. The second-order valence-electron chi connectivity index (χ2n) is 7.59. The Hall–Kier alpha value is -1.44. The van der Waals surface area contributed by atoms with Gasteiger partial charge in [0.15, 0.2) is 0 Å². The van der Waals surface area contributed by atoms with Crippen molar-refractivity contribution in [1.29, 1.82) is 0 Å². The van der Waals surface area contributed by atoms with Crippen molar-refractivity contribution in [1.82, 2.24) is 9.80 Å². The van der Waals surface area contributed by atoms with Crippen molar-refractivity contribution in [2.45, 2.75) is 39.5 Å². The SMILES string of the molecule is CCCN1CCN(CC(=O)Nc2sc3c(c2C(N)=O)CCC(C)C3)CC1. The van der Waals surface area contributed by atoms with Gasteiger partial charge in [-0.15, -0.1) is 11.3 Å². The third-order valence-electron chi connectivity index (χ3n) is 5.38. The van der Waals surface area contributed by atoms with E-state index in [4.69, 9.17) is 5.73 Å². The zero-order chi connectivity index (χ0) is 18.7. The number of rotatable bonds is 6. The Kier molecular flexibility index (Phi) is 6.32. The zero-order valence-corrected chi connectivity index (χ0v) is 16.7. The first-order valence-electron chi connectivity index (χ1n) is 9.66. The van der Waals surface area contributed by atoms with Gasteiger partial charge in [-0.05, 0) is 43.7 Å². The lowest BCUT2D eigenvalue weighted by atomic mass is 9.88. The average molecular weight is 379 g/mol. The van der Waals surface area contributed by atoms with Gasteiger partial charge >= 0.3 is 0 Å². The monoisotopic (exact) mass is 378 g/mol. The molecule has 0 aromatic carbocycles. The van der Waals surface area contributed by atoms with Crippen LogP contribution in [0, 0.1) is 5.92 Å². The number of thiophene rings is 1. The number of anilines is 1. The molecule has 1 fully saturated rings. The van der Waals surface area contributed by atoms with Gasteiger partial charge in [0.2, 0.25) is 5.91 Å². The molecule has 3 rings (SSSR count). The Morgan fingerprint density at radius 3 is 2.58 bits per heavy atom. The number of amides is 2. The molecule has 1 atom stereocenters. The fourth-order valence-corrected chi connectivity index (χ4v) is 5.39. The second-order valence-corrected chi connectivity index (χ2v) is 8.69. The van der Waals surface area contributed by atoms with E-state index in [1.165, 1.54) is 16.2 Å². The molecule has 144 valence electrons.